The fourth-order valence-corrected chi connectivity index (χ4v) is 5.20. The monoisotopic (exact) mass is 520 g/mol. The zero-order chi connectivity index (χ0) is 24.9. The molecule has 7 nitrogen and oxygen atoms in total. The minimum atomic E-state index is -4.63. The van der Waals surface area contributed by atoms with Gasteiger partial charge in [-0.25, -0.2) is 0 Å². The average molecular weight is 521 g/mol. The summed E-state index contributed by atoms with van der Waals surface area (Å²) >= 11 is 6.95. The molecule has 2 aromatic carbocycles. The second-order valence-corrected chi connectivity index (χ2v) is 9.58. The van der Waals surface area contributed by atoms with Gasteiger partial charge in [-0.2, -0.15) is 28.4 Å². The number of thiazole rings is 1. The Kier molecular flexibility index (Phi) is 5.76. The Balaban J connectivity index is 1.63. The van der Waals surface area contributed by atoms with Gasteiger partial charge in [0.05, 0.1) is 27.9 Å². The van der Waals surface area contributed by atoms with E-state index in [-0.39, 0.29) is 36.0 Å². The van der Waals surface area contributed by atoms with Crippen LogP contribution in [0.4, 0.5) is 18.3 Å². The number of aromatic nitrogens is 1. The van der Waals surface area contributed by atoms with Crippen LogP contribution in [0.2, 0.25) is 5.02 Å². The van der Waals surface area contributed by atoms with Gasteiger partial charge in [0.2, 0.25) is 5.88 Å². The molecular weight excluding hydrogens is 505 g/mol. The lowest BCUT2D eigenvalue weighted by Gasteiger charge is -2.36. The molecule has 1 fully saturated rings. The van der Waals surface area contributed by atoms with Gasteiger partial charge in [-0.05, 0) is 40.6 Å². The summed E-state index contributed by atoms with van der Waals surface area (Å²) in [5.74, 6) is -1.78. The van der Waals surface area contributed by atoms with Gasteiger partial charge >= 0.3 is 12.1 Å². The van der Waals surface area contributed by atoms with Crippen molar-refractivity contribution < 1.29 is 28.2 Å². The molecule has 35 heavy (non-hydrogen) atoms. The first-order valence-electron chi connectivity index (χ1n) is 10.4. The van der Waals surface area contributed by atoms with E-state index < -0.39 is 23.6 Å². The summed E-state index contributed by atoms with van der Waals surface area (Å²) in [7, 11) is 0. The molecular formula is C23H16ClF3N4O3S. The number of carbonyl (C=O) groups is 1. The number of anilines is 1. The summed E-state index contributed by atoms with van der Waals surface area (Å²) in [5.41, 5.74) is 0.248. The lowest BCUT2D eigenvalue weighted by atomic mass is 9.96. The molecule has 180 valence electrons. The minimum absolute atomic E-state index is 0.0139. The van der Waals surface area contributed by atoms with Gasteiger partial charge in [0.15, 0.2) is 5.13 Å². The standard InChI is InChI=1S/C23H16ClF3N4O3S/c24-15-3-1-12(17(7-15)23(25,26)27)6-16(11-2-4-18-13(5-11)8-28-30-18)19-20(32)29-22(35-19)31-9-14(10-31)21(33)34/h1-5,7-8,14,32H,6,9-10H2,(H,33,34)/b16-11+. The number of aromatic hydroxyl groups is 1. The molecule has 0 unspecified atom stereocenters. The quantitative estimate of drug-likeness (QED) is 0.537. The molecule has 3 aromatic rings. The van der Waals surface area contributed by atoms with Crippen molar-refractivity contribution in [2.24, 2.45) is 16.1 Å². The second kappa shape index (κ2) is 8.65. The lowest BCUT2D eigenvalue weighted by Crippen LogP contribution is -2.50. The van der Waals surface area contributed by atoms with Gasteiger partial charge in [0, 0.05) is 30.1 Å². The number of hydrogen-bond donors (Lipinski definition) is 2. The van der Waals surface area contributed by atoms with E-state index in [4.69, 9.17) is 16.7 Å². The molecule has 1 aromatic heterocycles. The van der Waals surface area contributed by atoms with Crippen LogP contribution in [0.1, 0.15) is 21.6 Å². The normalized spacial score (nSPS) is 16.1. The Labute approximate surface area is 205 Å². The molecule has 0 spiro atoms. The number of hydrogen-bond acceptors (Lipinski definition) is 7. The number of nitrogens with zero attached hydrogens (tertiary/aromatic N) is 4. The third-order valence-corrected chi connectivity index (χ3v) is 7.26. The summed E-state index contributed by atoms with van der Waals surface area (Å²) < 4.78 is 41.4. The average Bonchev–Trinajstić information content (AvgIpc) is 3.37. The van der Waals surface area contributed by atoms with Crippen molar-refractivity contribution in [3.63, 3.8) is 0 Å². The zero-order valence-corrected chi connectivity index (χ0v) is 19.3. The summed E-state index contributed by atoms with van der Waals surface area (Å²) in [4.78, 5) is 17.3. The molecule has 0 amide bonds. The van der Waals surface area contributed by atoms with E-state index >= 15 is 0 Å². The summed E-state index contributed by atoms with van der Waals surface area (Å²) in [6.07, 6.45) is -3.24. The maximum Gasteiger partial charge on any atom is 0.416 e. The van der Waals surface area contributed by atoms with Gasteiger partial charge in [0.1, 0.15) is 0 Å². The second-order valence-electron chi connectivity index (χ2n) is 8.16. The summed E-state index contributed by atoms with van der Waals surface area (Å²) in [5, 5.41) is 29.2. The predicted molar refractivity (Wildman–Crippen MR) is 125 cm³/mol. The number of benzene rings is 2. The van der Waals surface area contributed by atoms with Crippen LogP contribution in [-0.4, -0.2) is 40.5 Å². The molecule has 0 atom stereocenters. The van der Waals surface area contributed by atoms with Crippen molar-refractivity contribution in [1.29, 1.82) is 0 Å². The molecule has 12 heteroatoms. The lowest BCUT2D eigenvalue weighted by molar-refractivity contribution is -0.142. The maximum atomic E-state index is 13.8. The largest absolute Gasteiger partial charge is 0.492 e. The van der Waals surface area contributed by atoms with Gasteiger partial charge in [0.25, 0.3) is 0 Å². The third-order valence-electron chi connectivity index (χ3n) is 5.86. The highest BCUT2D eigenvalue weighted by Crippen LogP contribution is 2.40. The first-order valence-corrected chi connectivity index (χ1v) is 11.6. The van der Waals surface area contributed by atoms with Crippen molar-refractivity contribution in [2.75, 3.05) is 18.0 Å². The van der Waals surface area contributed by atoms with Crippen LogP contribution in [0.5, 0.6) is 5.88 Å². The molecule has 2 aliphatic rings. The van der Waals surface area contributed by atoms with E-state index in [9.17, 15) is 23.1 Å². The van der Waals surface area contributed by atoms with Gasteiger partial charge in [-0.15, -0.1) is 0 Å². The first kappa shape index (κ1) is 23.3. The van der Waals surface area contributed by atoms with Gasteiger partial charge in [-0.1, -0.05) is 35.1 Å². The predicted octanol–water partition coefficient (Wildman–Crippen LogP) is 3.45. The van der Waals surface area contributed by atoms with Gasteiger partial charge < -0.3 is 15.1 Å². The topological polar surface area (TPSA) is 98.4 Å². The van der Waals surface area contributed by atoms with Crippen LogP contribution >= 0.6 is 22.9 Å². The van der Waals surface area contributed by atoms with Crippen molar-refractivity contribution in [3.05, 3.63) is 73.6 Å². The van der Waals surface area contributed by atoms with Crippen molar-refractivity contribution >= 4 is 45.8 Å². The van der Waals surface area contributed by atoms with E-state index in [1.807, 2.05) is 0 Å². The van der Waals surface area contributed by atoms with Crippen molar-refractivity contribution in [2.45, 2.75) is 12.6 Å². The molecule has 2 aliphatic heterocycles. The highest BCUT2D eigenvalue weighted by molar-refractivity contribution is 7.17. The molecule has 1 saturated heterocycles. The minimum Gasteiger partial charge on any atom is -0.492 e. The fraction of sp³-hybridized carbons (Fsp3) is 0.217. The Morgan fingerprint density at radius 3 is 2.69 bits per heavy atom. The van der Waals surface area contributed by atoms with E-state index in [0.717, 1.165) is 17.4 Å². The maximum absolute atomic E-state index is 13.8. The van der Waals surface area contributed by atoms with Crippen molar-refractivity contribution in [1.82, 2.24) is 4.98 Å². The van der Waals surface area contributed by atoms with Crippen LogP contribution in [0, 0.1) is 5.92 Å². The molecule has 0 aliphatic carbocycles. The molecule has 2 N–H and O–H groups in total. The summed E-state index contributed by atoms with van der Waals surface area (Å²) in [6.45, 7) is 0.479. The van der Waals surface area contributed by atoms with E-state index in [0.29, 0.717) is 31.7 Å². The Bertz CT molecular complexity index is 1500. The smallest absolute Gasteiger partial charge is 0.416 e. The first-order chi connectivity index (χ1) is 16.6. The number of aliphatic carboxylic acids is 1. The molecule has 0 bridgehead atoms. The van der Waals surface area contributed by atoms with Crippen LogP contribution in [0.25, 0.3) is 5.57 Å². The van der Waals surface area contributed by atoms with Crippen LogP contribution in [0.15, 0.2) is 46.6 Å². The SMILES string of the molecule is O=C(O)C1CN(c2nc(O)c(/C(Cc3ccc(Cl)cc3C(F)(F)F)=c3\ccc4c(c3)C=NN=4)s2)C1. The zero-order valence-electron chi connectivity index (χ0n) is 17.8. The van der Waals surface area contributed by atoms with Crippen molar-refractivity contribution in [3.8, 4) is 5.88 Å². The van der Waals surface area contributed by atoms with E-state index in [1.54, 1.807) is 29.3 Å². The van der Waals surface area contributed by atoms with Crippen LogP contribution in [0.3, 0.4) is 0 Å². The number of rotatable bonds is 5. The van der Waals surface area contributed by atoms with Crippen LogP contribution < -0.4 is 15.5 Å². The molecule has 3 heterocycles. The van der Waals surface area contributed by atoms with E-state index in [2.05, 4.69) is 15.2 Å². The highest BCUT2D eigenvalue weighted by Gasteiger charge is 2.36. The van der Waals surface area contributed by atoms with E-state index in [1.165, 1.54) is 12.1 Å². The van der Waals surface area contributed by atoms with Gasteiger partial charge in [-0.3, -0.25) is 4.79 Å². The number of fused-ring (bicyclic) bond motifs is 1. The highest BCUT2D eigenvalue weighted by atomic mass is 35.5. The number of alkyl halides is 3. The number of halogens is 4. The fourth-order valence-electron chi connectivity index (χ4n) is 3.98. The summed E-state index contributed by atoms with van der Waals surface area (Å²) in [6, 6.07) is 8.75. The van der Waals surface area contributed by atoms with Crippen LogP contribution in [-0.2, 0) is 17.4 Å². The Morgan fingerprint density at radius 2 is 1.97 bits per heavy atom. The molecule has 0 radical (unpaired) electrons. The third kappa shape index (κ3) is 4.48. The Morgan fingerprint density at radius 1 is 1.20 bits per heavy atom. The number of carboxylic acid groups (broad SMARTS) is 1. The molecule has 0 saturated carbocycles. The number of carboxylic acids is 1. The molecule has 5 rings (SSSR count). The Hall–Kier alpha value is -3.44.